The van der Waals surface area contributed by atoms with Crippen LogP contribution in [-0.4, -0.2) is 4.98 Å². The summed E-state index contributed by atoms with van der Waals surface area (Å²) >= 11 is 0. The zero-order valence-electron chi connectivity index (χ0n) is 12.3. The number of nitrogens with zero attached hydrogens (tertiary/aromatic N) is 1. The Hall–Kier alpha value is -2.16. The molecule has 0 aliphatic heterocycles. The standard InChI is InChI=1S/C19H18N2.ClH/c1-2-4-18(5-3-1)19-8-6-16(7-9-19)14-21-15-17-10-12-20-13-11-17;/h1-13,21H,14-15H2;1H. The number of hydrogen-bond acceptors (Lipinski definition) is 2. The van der Waals surface area contributed by atoms with Crippen molar-refractivity contribution in [2.24, 2.45) is 0 Å². The summed E-state index contributed by atoms with van der Waals surface area (Å²) in [4.78, 5) is 4.02. The van der Waals surface area contributed by atoms with Gasteiger partial charge in [-0.2, -0.15) is 0 Å². The summed E-state index contributed by atoms with van der Waals surface area (Å²) in [6.07, 6.45) is 3.65. The minimum Gasteiger partial charge on any atom is -0.309 e. The molecule has 1 heterocycles. The van der Waals surface area contributed by atoms with Crippen LogP contribution in [0.5, 0.6) is 0 Å². The van der Waals surface area contributed by atoms with Crippen LogP contribution in [0, 0.1) is 0 Å². The lowest BCUT2D eigenvalue weighted by Crippen LogP contribution is -2.12. The van der Waals surface area contributed by atoms with Gasteiger partial charge in [-0.1, -0.05) is 54.6 Å². The van der Waals surface area contributed by atoms with E-state index in [1.807, 2.05) is 30.6 Å². The Morgan fingerprint density at radius 3 is 1.82 bits per heavy atom. The van der Waals surface area contributed by atoms with Gasteiger partial charge in [-0.15, -0.1) is 12.4 Å². The molecule has 0 unspecified atom stereocenters. The van der Waals surface area contributed by atoms with E-state index < -0.39 is 0 Å². The zero-order chi connectivity index (χ0) is 14.3. The average molecular weight is 311 g/mol. The van der Waals surface area contributed by atoms with Gasteiger partial charge in [0.05, 0.1) is 0 Å². The minimum atomic E-state index is 0. The molecule has 0 bridgehead atoms. The van der Waals surface area contributed by atoms with Crippen LogP contribution in [0.1, 0.15) is 11.1 Å². The quantitative estimate of drug-likeness (QED) is 0.752. The van der Waals surface area contributed by atoms with Gasteiger partial charge in [0, 0.05) is 25.5 Å². The number of nitrogens with one attached hydrogen (secondary N) is 1. The Morgan fingerprint density at radius 2 is 1.18 bits per heavy atom. The topological polar surface area (TPSA) is 24.9 Å². The number of hydrogen-bond donors (Lipinski definition) is 1. The normalized spacial score (nSPS) is 10.0. The second kappa shape index (κ2) is 8.32. The molecule has 0 saturated heterocycles. The number of halogens is 1. The van der Waals surface area contributed by atoms with Crippen LogP contribution < -0.4 is 5.32 Å². The fraction of sp³-hybridized carbons (Fsp3) is 0.105. The van der Waals surface area contributed by atoms with E-state index in [4.69, 9.17) is 0 Å². The van der Waals surface area contributed by atoms with Crippen LogP contribution in [0.15, 0.2) is 79.1 Å². The summed E-state index contributed by atoms with van der Waals surface area (Å²) in [6, 6.07) is 23.2. The SMILES string of the molecule is Cl.c1ccc(-c2ccc(CNCc3ccncc3)cc2)cc1. The molecule has 3 heteroatoms. The molecule has 22 heavy (non-hydrogen) atoms. The largest absolute Gasteiger partial charge is 0.309 e. The molecule has 0 atom stereocenters. The minimum absolute atomic E-state index is 0. The molecule has 0 fully saturated rings. The van der Waals surface area contributed by atoms with Crippen molar-refractivity contribution in [1.82, 2.24) is 10.3 Å². The smallest absolute Gasteiger partial charge is 0.0271 e. The van der Waals surface area contributed by atoms with Gasteiger partial charge in [-0.3, -0.25) is 4.98 Å². The predicted octanol–water partition coefficient (Wildman–Crippen LogP) is 4.46. The maximum atomic E-state index is 4.02. The predicted molar refractivity (Wildman–Crippen MR) is 93.9 cm³/mol. The summed E-state index contributed by atoms with van der Waals surface area (Å²) in [5.74, 6) is 0. The Kier molecular flexibility index (Phi) is 6.13. The molecule has 0 amide bonds. The summed E-state index contributed by atoms with van der Waals surface area (Å²) < 4.78 is 0. The average Bonchev–Trinajstić information content (AvgIpc) is 2.57. The highest BCUT2D eigenvalue weighted by Crippen LogP contribution is 2.19. The molecule has 3 rings (SSSR count). The van der Waals surface area contributed by atoms with E-state index in [0.717, 1.165) is 13.1 Å². The van der Waals surface area contributed by atoms with Crippen LogP contribution in [0.3, 0.4) is 0 Å². The van der Waals surface area contributed by atoms with Crippen molar-refractivity contribution < 1.29 is 0 Å². The highest BCUT2D eigenvalue weighted by Gasteiger charge is 1.98. The lowest BCUT2D eigenvalue weighted by atomic mass is 10.0. The van der Waals surface area contributed by atoms with Crippen LogP contribution in [0.25, 0.3) is 11.1 Å². The third kappa shape index (κ3) is 4.42. The Morgan fingerprint density at radius 1 is 0.636 bits per heavy atom. The molecule has 0 aliphatic carbocycles. The maximum Gasteiger partial charge on any atom is 0.0271 e. The molecular weight excluding hydrogens is 292 g/mol. The van der Waals surface area contributed by atoms with Crippen molar-refractivity contribution >= 4 is 12.4 Å². The number of pyridine rings is 1. The van der Waals surface area contributed by atoms with Crippen LogP contribution in [-0.2, 0) is 13.1 Å². The molecule has 1 N–H and O–H groups in total. The van der Waals surface area contributed by atoms with Gasteiger partial charge >= 0.3 is 0 Å². The van der Waals surface area contributed by atoms with Gasteiger partial charge in [0.1, 0.15) is 0 Å². The van der Waals surface area contributed by atoms with Gasteiger partial charge < -0.3 is 5.32 Å². The molecule has 2 nitrogen and oxygen atoms in total. The third-order valence-corrected chi connectivity index (χ3v) is 3.47. The summed E-state index contributed by atoms with van der Waals surface area (Å²) in [5.41, 5.74) is 5.07. The van der Waals surface area contributed by atoms with Gasteiger partial charge in [0.2, 0.25) is 0 Å². The summed E-state index contributed by atoms with van der Waals surface area (Å²) in [5, 5.41) is 3.45. The van der Waals surface area contributed by atoms with Crippen LogP contribution >= 0.6 is 12.4 Å². The lowest BCUT2D eigenvalue weighted by Gasteiger charge is -2.06. The van der Waals surface area contributed by atoms with Gasteiger partial charge in [0.25, 0.3) is 0 Å². The van der Waals surface area contributed by atoms with E-state index in [1.54, 1.807) is 0 Å². The van der Waals surface area contributed by atoms with Gasteiger partial charge in [-0.25, -0.2) is 0 Å². The fourth-order valence-electron chi connectivity index (χ4n) is 2.30. The molecule has 3 aromatic rings. The first-order chi connectivity index (χ1) is 10.4. The second-order valence-electron chi connectivity index (χ2n) is 5.02. The van der Waals surface area contributed by atoms with Crippen molar-refractivity contribution in [1.29, 1.82) is 0 Å². The van der Waals surface area contributed by atoms with E-state index in [0.29, 0.717) is 0 Å². The molecular formula is C19H19ClN2. The fourth-order valence-corrected chi connectivity index (χ4v) is 2.30. The molecule has 112 valence electrons. The number of benzene rings is 2. The van der Waals surface area contributed by atoms with Crippen LogP contribution in [0.2, 0.25) is 0 Å². The molecule has 0 spiro atoms. The van der Waals surface area contributed by atoms with Crippen molar-refractivity contribution in [2.45, 2.75) is 13.1 Å². The third-order valence-electron chi connectivity index (χ3n) is 3.47. The van der Waals surface area contributed by atoms with Gasteiger partial charge in [-0.05, 0) is 34.4 Å². The first-order valence-corrected chi connectivity index (χ1v) is 7.16. The first-order valence-electron chi connectivity index (χ1n) is 7.16. The lowest BCUT2D eigenvalue weighted by molar-refractivity contribution is 0.693. The van der Waals surface area contributed by atoms with Crippen molar-refractivity contribution in [3.05, 3.63) is 90.3 Å². The van der Waals surface area contributed by atoms with E-state index >= 15 is 0 Å². The monoisotopic (exact) mass is 310 g/mol. The van der Waals surface area contributed by atoms with Gasteiger partial charge in [0.15, 0.2) is 0 Å². The number of aromatic nitrogens is 1. The van der Waals surface area contributed by atoms with Crippen molar-refractivity contribution in [3.8, 4) is 11.1 Å². The molecule has 0 radical (unpaired) electrons. The summed E-state index contributed by atoms with van der Waals surface area (Å²) in [7, 11) is 0. The van der Waals surface area contributed by atoms with E-state index in [2.05, 4.69) is 58.8 Å². The van der Waals surface area contributed by atoms with E-state index in [-0.39, 0.29) is 12.4 Å². The number of rotatable bonds is 5. The Labute approximate surface area is 137 Å². The highest BCUT2D eigenvalue weighted by atomic mass is 35.5. The van der Waals surface area contributed by atoms with E-state index in [1.165, 1.54) is 22.3 Å². The first kappa shape index (κ1) is 16.2. The Bertz CT molecular complexity index is 667. The van der Waals surface area contributed by atoms with Crippen molar-refractivity contribution in [2.75, 3.05) is 0 Å². The molecule has 2 aromatic carbocycles. The van der Waals surface area contributed by atoms with E-state index in [9.17, 15) is 0 Å². The zero-order valence-corrected chi connectivity index (χ0v) is 13.1. The Balaban J connectivity index is 0.00000176. The van der Waals surface area contributed by atoms with Crippen LogP contribution in [0.4, 0.5) is 0 Å². The molecule has 1 aromatic heterocycles. The second-order valence-corrected chi connectivity index (χ2v) is 5.02. The molecule has 0 aliphatic rings. The maximum absolute atomic E-state index is 4.02. The summed E-state index contributed by atoms with van der Waals surface area (Å²) in [6.45, 7) is 1.74. The highest BCUT2D eigenvalue weighted by molar-refractivity contribution is 5.85. The van der Waals surface area contributed by atoms with Crippen molar-refractivity contribution in [3.63, 3.8) is 0 Å². The molecule has 0 saturated carbocycles.